The van der Waals surface area contributed by atoms with Crippen LogP contribution in [0, 0.1) is 0 Å². The molecular weight excluding hydrogens is 253 g/mol. The maximum absolute atomic E-state index is 12.3. The van der Waals surface area contributed by atoms with E-state index in [0.717, 1.165) is 0 Å². The Kier molecular flexibility index (Phi) is 2.85. The van der Waals surface area contributed by atoms with Crippen LogP contribution in [0.4, 0.5) is 14.5 Å². The predicted octanol–water partition coefficient (Wildman–Crippen LogP) is 3.02. The van der Waals surface area contributed by atoms with Crippen molar-refractivity contribution in [2.24, 2.45) is 0 Å². The van der Waals surface area contributed by atoms with Gasteiger partial charge in [0.15, 0.2) is 0 Å². The SMILES string of the molecule is Nc1cnc(Cl)c(C(F)F)c1Br. The van der Waals surface area contributed by atoms with Gasteiger partial charge in [-0.1, -0.05) is 11.6 Å². The van der Waals surface area contributed by atoms with Gasteiger partial charge >= 0.3 is 0 Å². The van der Waals surface area contributed by atoms with Gasteiger partial charge in [0.2, 0.25) is 0 Å². The van der Waals surface area contributed by atoms with Crippen molar-refractivity contribution < 1.29 is 8.78 Å². The summed E-state index contributed by atoms with van der Waals surface area (Å²) in [5.74, 6) is 0. The van der Waals surface area contributed by atoms with Gasteiger partial charge in [-0.3, -0.25) is 0 Å². The molecule has 0 aromatic carbocycles. The number of aromatic nitrogens is 1. The number of nitrogen functional groups attached to an aromatic ring is 1. The molecule has 1 heterocycles. The molecule has 0 saturated carbocycles. The van der Waals surface area contributed by atoms with Gasteiger partial charge in [0.05, 0.1) is 21.9 Å². The van der Waals surface area contributed by atoms with Crippen LogP contribution in [-0.4, -0.2) is 4.98 Å². The average Bonchev–Trinajstić information content (AvgIpc) is 1.97. The highest BCUT2D eigenvalue weighted by Crippen LogP contribution is 2.35. The van der Waals surface area contributed by atoms with Gasteiger partial charge in [0.25, 0.3) is 6.43 Å². The largest absolute Gasteiger partial charge is 0.397 e. The quantitative estimate of drug-likeness (QED) is 0.786. The van der Waals surface area contributed by atoms with E-state index in [4.69, 9.17) is 17.3 Å². The van der Waals surface area contributed by atoms with E-state index in [1.165, 1.54) is 6.20 Å². The number of pyridine rings is 1. The minimum absolute atomic E-state index is 0.109. The van der Waals surface area contributed by atoms with Gasteiger partial charge in [-0.05, 0) is 15.9 Å². The Morgan fingerprint density at radius 3 is 2.58 bits per heavy atom. The highest BCUT2D eigenvalue weighted by Gasteiger charge is 2.18. The molecule has 0 unspecified atom stereocenters. The number of hydrogen-bond acceptors (Lipinski definition) is 2. The molecule has 6 heteroatoms. The third-order valence-electron chi connectivity index (χ3n) is 1.25. The number of nitrogens with zero attached hydrogens (tertiary/aromatic N) is 1. The molecule has 12 heavy (non-hydrogen) atoms. The van der Waals surface area contributed by atoms with Crippen molar-refractivity contribution in [3.63, 3.8) is 0 Å². The lowest BCUT2D eigenvalue weighted by Gasteiger charge is -2.06. The third kappa shape index (κ3) is 1.67. The van der Waals surface area contributed by atoms with Crippen LogP contribution >= 0.6 is 27.5 Å². The van der Waals surface area contributed by atoms with E-state index < -0.39 is 6.43 Å². The Labute approximate surface area is 80.9 Å². The van der Waals surface area contributed by atoms with Crippen LogP contribution in [0.3, 0.4) is 0 Å². The van der Waals surface area contributed by atoms with Gasteiger partial charge in [0, 0.05) is 0 Å². The molecule has 0 aliphatic carbocycles. The molecule has 0 bridgehead atoms. The van der Waals surface area contributed by atoms with Gasteiger partial charge in [-0.25, -0.2) is 13.8 Å². The summed E-state index contributed by atoms with van der Waals surface area (Å²) in [6, 6.07) is 0. The summed E-state index contributed by atoms with van der Waals surface area (Å²) in [4.78, 5) is 3.49. The molecule has 1 aromatic rings. The highest BCUT2D eigenvalue weighted by molar-refractivity contribution is 9.10. The Morgan fingerprint density at radius 2 is 2.17 bits per heavy atom. The molecule has 2 nitrogen and oxygen atoms in total. The van der Waals surface area contributed by atoms with Crippen molar-refractivity contribution in [2.75, 3.05) is 5.73 Å². The summed E-state index contributed by atoms with van der Waals surface area (Å²) in [5.41, 5.74) is 5.11. The Morgan fingerprint density at radius 1 is 1.58 bits per heavy atom. The zero-order valence-electron chi connectivity index (χ0n) is 5.69. The van der Waals surface area contributed by atoms with Crippen LogP contribution < -0.4 is 5.73 Å². The highest BCUT2D eigenvalue weighted by atomic mass is 79.9. The molecule has 0 amide bonds. The van der Waals surface area contributed by atoms with Crippen molar-refractivity contribution in [2.45, 2.75) is 6.43 Å². The third-order valence-corrected chi connectivity index (χ3v) is 2.43. The predicted molar refractivity (Wildman–Crippen MR) is 46.3 cm³/mol. The monoisotopic (exact) mass is 256 g/mol. The molecule has 0 spiro atoms. The van der Waals surface area contributed by atoms with Crippen molar-refractivity contribution in [1.29, 1.82) is 0 Å². The fraction of sp³-hybridized carbons (Fsp3) is 0.167. The van der Waals surface area contributed by atoms with Crippen molar-refractivity contribution >= 4 is 33.2 Å². The Bertz CT molecular complexity index is 306. The minimum atomic E-state index is -2.68. The van der Waals surface area contributed by atoms with Crippen LogP contribution in [0.1, 0.15) is 12.0 Å². The summed E-state index contributed by atoms with van der Waals surface area (Å²) in [5, 5.41) is -0.230. The van der Waals surface area contributed by atoms with E-state index in [0.29, 0.717) is 0 Å². The lowest BCUT2D eigenvalue weighted by atomic mass is 10.3. The van der Waals surface area contributed by atoms with Gasteiger partial charge in [-0.2, -0.15) is 0 Å². The number of nitrogens with two attached hydrogens (primary N) is 1. The minimum Gasteiger partial charge on any atom is -0.397 e. The maximum Gasteiger partial charge on any atom is 0.267 e. The topological polar surface area (TPSA) is 38.9 Å². The van der Waals surface area contributed by atoms with Crippen LogP contribution in [0.2, 0.25) is 5.15 Å². The molecule has 0 atom stereocenters. The van der Waals surface area contributed by atoms with E-state index in [2.05, 4.69) is 20.9 Å². The van der Waals surface area contributed by atoms with Gasteiger partial charge in [-0.15, -0.1) is 0 Å². The average molecular weight is 257 g/mol. The van der Waals surface area contributed by atoms with Crippen molar-refractivity contribution in [3.05, 3.63) is 21.4 Å². The Balaban J connectivity index is 3.33. The lowest BCUT2D eigenvalue weighted by molar-refractivity contribution is 0.150. The lowest BCUT2D eigenvalue weighted by Crippen LogP contribution is -1.96. The summed E-state index contributed by atoms with van der Waals surface area (Å²) < 4.78 is 24.6. The standard InChI is InChI=1S/C6H4BrClF2N2/c7-4-2(11)1-12-5(8)3(4)6(9)10/h1,6H,11H2. The molecule has 0 saturated heterocycles. The van der Waals surface area contributed by atoms with Crippen LogP contribution in [0.5, 0.6) is 0 Å². The molecule has 0 aliphatic rings. The molecule has 0 aliphatic heterocycles. The maximum atomic E-state index is 12.3. The number of hydrogen-bond donors (Lipinski definition) is 1. The van der Waals surface area contributed by atoms with Crippen LogP contribution in [-0.2, 0) is 0 Å². The van der Waals surface area contributed by atoms with E-state index in [9.17, 15) is 8.78 Å². The van der Waals surface area contributed by atoms with Crippen molar-refractivity contribution in [1.82, 2.24) is 4.98 Å². The first-order chi connectivity index (χ1) is 5.54. The first-order valence-corrected chi connectivity index (χ1v) is 4.08. The second-order valence-electron chi connectivity index (χ2n) is 2.03. The first-order valence-electron chi connectivity index (χ1n) is 2.91. The zero-order valence-corrected chi connectivity index (χ0v) is 8.03. The number of rotatable bonds is 1. The van der Waals surface area contributed by atoms with E-state index >= 15 is 0 Å². The molecule has 0 fully saturated rings. The summed E-state index contributed by atoms with van der Waals surface area (Å²) >= 11 is 8.32. The zero-order chi connectivity index (χ0) is 9.30. The number of halogens is 4. The molecule has 1 rings (SSSR count). The fourth-order valence-corrected chi connectivity index (χ4v) is 1.49. The number of alkyl halides is 2. The summed E-state index contributed by atoms with van der Waals surface area (Å²) in [6.45, 7) is 0. The van der Waals surface area contributed by atoms with Crippen LogP contribution in [0.25, 0.3) is 0 Å². The Hall–Kier alpha value is -0.420. The smallest absolute Gasteiger partial charge is 0.267 e. The summed E-state index contributed by atoms with van der Waals surface area (Å²) in [6.07, 6.45) is -1.46. The summed E-state index contributed by atoms with van der Waals surface area (Å²) in [7, 11) is 0. The molecule has 0 radical (unpaired) electrons. The first kappa shape index (κ1) is 9.67. The van der Waals surface area contributed by atoms with Gasteiger partial charge < -0.3 is 5.73 Å². The number of anilines is 1. The van der Waals surface area contributed by atoms with Crippen LogP contribution in [0.15, 0.2) is 10.7 Å². The molecule has 66 valence electrons. The molecular formula is C6H4BrClF2N2. The fourth-order valence-electron chi connectivity index (χ4n) is 0.684. The van der Waals surface area contributed by atoms with E-state index in [1.54, 1.807) is 0 Å². The van der Waals surface area contributed by atoms with Crippen molar-refractivity contribution in [3.8, 4) is 0 Å². The van der Waals surface area contributed by atoms with E-state index in [-0.39, 0.29) is 20.9 Å². The van der Waals surface area contributed by atoms with Gasteiger partial charge in [0.1, 0.15) is 5.15 Å². The molecule has 2 N–H and O–H groups in total. The van der Waals surface area contributed by atoms with E-state index in [1.807, 2.05) is 0 Å². The second kappa shape index (κ2) is 3.53. The molecule has 1 aromatic heterocycles. The normalized spacial score (nSPS) is 10.8. The second-order valence-corrected chi connectivity index (χ2v) is 3.18.